The topological polar surface area (TPSA) is 62.0 Å². The Morgan fingerprint density at radius 2 is 1.88 bits per heavy atom. The maximum atomic E-state index is 12.2. The lowest BCUT2D eigenvalue weighted by Crippen LogP contribution is -2.15. The Morgan fingerprint density at radius 1 is 1.12 bits per heavy atom. The van der Waals surface area contributed by atoms with Crippen molar-refractivity contribution >= 4 is 34.1 Å². The van der Waals surface area contributed by atoms with Crippen LogP contribution in [0.1, 0.15) is 16.7 Å². The van der Waals surface area contributed by atoms with Gasteiger partial charge in [-0.1, -0.05) is 35.9 Å². The van der Waals surface area contributed by atoms with Gasteiger partial charge in [0.2, 0.25) is 5.91 Å². The molecule has 1 aromatic heterocycles. The second-order valence-corrected chi connectivity index (χ2v) is 6.19. The maximum Gasteiger partial charge on any atom is 0.251 e. The molecule has 3 rings (SSSR count). The van der Waals surface area contributed by atoms with Gasteiger partial charge in [-0.25, -0.2) is 0 Å². The van der Waals surface area contributed by atoms with Gasteiger partial charge in [-0.3, -0.25) is 9.59 Å². The van der Waals surface area contributed by atoms with Gasteiger partial charge < -0.3 is 10.3 Å². The predicted molar refractivity (Wildman–Crippen MR) is 97.8 cm³/mol. The predicted octanol–water partition coefficient (Wildman–Crippen LogP) is 3.98. The van der Waals surface area contributed by atoms with Crippen LogP contribution in [0.3, 0.4) is 0 Å². The van der Waals surface area contributed by atoms with Gasteiger partial charge in [0, 0.05) is 21.7 Å². The van der Waals surface area contributed by atoms with Gasteiger partial charge in [-0.15, -0.1) is 0 Å². The van der Waals surface area contributed by atoms with Crippen molar-refractivity contribution in [3.05, 3.63) is 74.5 Å². The molecule has 0 aliphatic rings. The zero-order chi connectivity index (χ0) is 17.3. The summed E-state index contributed by atoms with van der Waals surface area (Å²) in [7, 11) is 0. The van der Waals surface area contributed by atoms with Crippen molar-refractivity contribution in [3.8, 4) is 0 Å². The highest BCUT2D eigenvalue weighted by molar-refractivity contribution is 6.31. The molecule has 0 saturated heterocycles. The van der Waals surface area contributed by atoms with E-state index in [-0.39, 0.29) is 17.9 Å². The number of anilines is 1. The summed E-state index contributed by atoms with van der Waals surface area (Å²) in [6.07, 6.45) is 0.196. The first kappa shape index (κ1) is 16.3. The van der Waals surface area contributed by atoms with Crippen LogP contribution >= 0.6 is 11.6 Å². The van der Waals surface area contributed by atoms with Gasteiger partial charge in [-0.05, 0) is 43.2 Å². The number of fused-ring (bicyclic) bond motifs is 1. The Bertz CT molecular complexity index is 992. The highest BCUT2D eigenvalue weighted by Gasteiger charge is 2.09. The SMILES string of the molecule is Cc1c(C)c2ccc(NC(=O)Cc3ccccc3Cl)cc2[nH]c1=O. The molecule has 2 aromatic carbocycles. The Morgan fingerprint density at radius 3 is 2.62 bits per heavy atom. The van der Waals surface area contributed by atoms with Crippen LogP contribution < -0.4 is 10.9 Å². The fraction of sp³-hybridized carbons (Fsp3) is 0.158. The number of aryl methyl sites for hydroxylation is 1. The molecule has 3 aromatic rings. The van der Waals surface area contributed by atoms with E-state index in [4.69, 9.17) is 11.6 Å². The number of carbonyl (C=O) groups is 1. The van der Waals surface area contributed by atoms with Crippen LogP contribution in [0.4, 0.5) is 5.69 Å². The third kappa shape index (κ3) is 3.19. The molecular formula is C19H17ClN2O2. The first-order valence-corrected chi connectivity index (χ1v) is 8.00. The summed E-state index contributed by atoms with van der Waals surface area (Å²) in [5.74, 6) is -0.159. The molecular weight excluding hydrogens is 324 g/mol. The lowest BCUT2D eigenvalue weighted by Gasteiger charge is -2.09. The van der Waals surface area contributed by atoms with Crippen molar-refractivity contribution in [1.82, 2.24) is 4.98 Å². The van der Waals surface area contributed by atoms with Crippen LogP contribution in [0.5, 0.6) is 0 Å². The average Bonchev–Trinajstić information content (AvgIpc) is 2.55. The standard InChI is InChI=1S/C19H17ClN2O2/c1-11-12(2)19(24)22-17-10-14(7-8-15(11)17)21-18(23)9-13-5-3-4-6-16(13)20/h3-8,10H,9H2,1-2H3,(H,21,23)(H,22,24). The third-order valence-corrected chi connectivity index (χ3v) is 4.54. The molecule has 2 N–H and O–H groups in total. The van der Waals surface area contributed by atoms with E-state index in [0.29, 0.717) is 21.8 Å². The molecule has 0 radical (unpaired) electrons. The highest BCUT2D eigenvalue weighted by atomic mass is 35.5. The van der Waals surface area contributed by atoms with Crippen LogP contribution in [0.2, 0.25) is 5.02 Å². The van der Waals surface area contributed by atoms with E-state index in [0.717, 1.165) is 16.5 Å². The molecule has 0 unspecified atom stereocenters. The second-order valence-electron chi connectivity index (χ2n) is 5.78. The summed E-state index contributed by atoms with van der Waals surface area (Å²) in [6, 6.07) is 12.8. The fourth-order valence-electron chi connectivity index (χ4n) is 2.66. The van der Waals surface area contributed by atoms with E-state index in [9.17, 15) is 9.59 Å². The molecule has 1 heterocycles. The lowest BCUT2D eigenvalue weighted by atomic mass is 10.1. The van der Waals surface area contributed by atoms with Crippen LogP contribution in [0.15, 0.2) is 47.3 Å². The summed E-state index contributed by atoms with van der Waals surface area (Å²) in [5, 5.41) is 4.38. The minimum absolute atomic E-state index is 0.112. The molecule has 0 aliphatic heterocycles. The molecule has 24 heavy (non-hydrogen) atoms. The Hall–Kier alpha value is -2.59. The largest absolute Gasteiger partial charge is 0.326 e. The normalized spacial score (nSPS) is 10.8. The van der Waals surface area contributed by atoms with Crippen molar-refractivity contribution in [3.63, 3.8) is 0 Å². The van der Waals surface area contributed by atoms with E-state index < -0.39 is 0 Å². The van der Waals surface area contributed by atoms with Crippen LogP contribution in [0, 0.1) is 13.8 Å². The molecule has 0 saturated carbocycles. The van der Waals surface area contributed by atoms with Gasteiger partial charge >= 0.3 is 0 Å². The number of aromatic nitrogens is 1. The van der Waals surface area contributed by atoms with E-state index >= 15 is 0 Å². The fourth-order valence-corrected chi connectivity index (χ4v) is 2.86. The van der Waals surface area contributed by atoms with Crippen LogP contribution in [0.25, 0.3) is 10.9 Å². The maximum absolute atomic E-state index is 12.2. The number of aromatic amines is 1. The van der Waals surface area contributed by atoms with Gasteiger partial charge in [0.15, 0.2) is 0 Å². The zero-order valence-electron chi connectivity index (χ0n) is 13.4. The van der Waals surface area contributed by atoms with Crippen LogP contribution in [-0.4, -0.2) is 10.9 Å². The van der Waals surface area contributed by atoms with E-state index in [1.807, 2.05) is 37.3 Å². The molecule has 0 bridgehead atoms. The summed E-state index contributed by atoms with van der Waals surface area (Å²) in [6.45, 7) is 3.72. The lowest BCUT2D eigenvalue weighted by molar-refractivity contribution is -0.115. The minimum Gasteiger partial charge on any atom is -0.326 e. The monoisotopic (exact) mass is 340 g/mol. The molecule has 0 fully saturated rings. The van der Waals surface area contributed by atoms with Crippen molar-refractivity contribution < 1.29 is 4.79 Å². The van der Waals surface area contributed by atoms with Crippen molar-refractivity contribution in [1.29, 1.82) is 0 Å². The first-order chi connectivity index (χ1) is 11.5. The Balaban J connectivity index is 1.85. The number of pyridine rings is 1. The molecule has 0 spiro atoms. The number of hydrogen-bond donors (Lipinski definition) is 2. The van der Waals surface area contributed by atoms with Crippen molar-refractivity contribution in [2.45, 2.75) is 20.3 Å². The van der Waals surface area contributed by atoms with Gasteiger partial charge in [0.25, 0.3) is 5.56 Å². The minimum atomic E-state index is -0.159. The van der Waals surface area contributed by atoms with Gasteiger partial charge in [0.05, 0.1) is 11.9 Å². The van der Waals surface area contributed by atoms with E-state index in [1.54, 1.807) is 19.1 Å². The van der Waals surface area contributed by atoms with E-state index in [1.165, 1.54) is 0 Å². The zero-order valence-corrected chi connectivity index (χ0v) is 14.2. The smallest absolute Gasteiger partial charge is 0.251 e. The quantitative estimate of drug-likeness (QED) is 0.757. The molecule has 122 valence electrons. The number of benzene rings is 2. The number of nitrogens with one attached hydrogen (secondary N) is 2. The number of amides is 1. The summed E-state index contributed by atoms with van der Waals surface area (Å²) >= 11 is 6.08. The summed E-state index contributed by atoms with van der Waals surface area (Å²) in [4.78, 5) is 27.0. The number of hydrogen-bond acceptors (Lipinski definition) is 2. The highest BCUT2D eigenvalue weighted by Crippen LogP contribution is 2.21. The average molecular weight is 341 g/mol. The van der Waals surface area contributed by atoms with Crippen molar-refractivity contribution in [2.75, 3.05) is 5.32 Å². The number of carbonyl (C=O) groups excluding carboxylic acids is 1. The number of H-pyrrole nitrogens is 1. The molecule has 1 amide bonds. The molecule has 0 aliphatic carbocycles. The number of halogens is 1. The van der Waals surface area contributed by atoms with Gasteiger partial charge in [-0.2, -0.15) is 0 Å². The Kier molecular flexibility index (Phi) is 4.40. The van der Waals surface area contributed by atoms with Gasteiger partial charge in [0.1, 0.15) is 0 Å². The number of rotatable bonds is 3. The molecule has 5 heteroatoms. The first-order valence-electron chi connectivity index (χ1n) is 7.62. The van der Waals surface area contributed by atoms with Crippen molar-refractivity contribution in [2.24, 2.45) is 0 Å². The molecule has 0 atom stereocenters. The van der Waals surface area contributed by atoms with E-state index in [2.05, 4.69) is 10.3 Å². The second kappa shape index (κ2) is 6.49. The Labute approximate surface area is 144 Å². The van der Waals surface area contributed by atoms with Crippen LogP contribution in [-0.2, 0) is 11.2 Å². The third-order valence-electron chi connectivity index (χ3n) is 4.17. The summed E-state index contributed by atoms with van der Waals surface area (Å²) in [5.41, 5.74) is 3.66. The summed E-state index contributed by atoms with van der Waals surface area (Å²) < 4.78 is 0. The molecule has 4 nitrogen and oxygen atoms in total.